The first kappa shape index (κ1) is 9.56. The van der Waals surface area contributed by atoms with E-state index in [0.717, 1.165) is 6.42 Å². The lowest BCUT2D eigenvalue weighted by Gasteiger charge is -2.07. The van der Waals surface area contributed by atoms with Crippen LogP contribution in [0.25, 0.3) is 0 Å². The van der Waals surface area contributed by atoms with Gasteiger partial charge < -0.3 is 0 Å². The van der Waals surface area contributed by atoms with Gasteiger partial charge in [0.2, 0.25) is 0 Å². The molecular weight excluding hydrogens is 198 g/mol. The van der Waals surface area contributed by atoms with Crippen LogP contribution in [-0.2, 0) is 6.42 Å². The molecule has 0 aromatic carbocycles. The Morgan fingerprint density at radius 1 is 1.54 bits per heavy atom. The standard InChI is InChI=1S/C10H15NS2/c1-3-8-4-5-9(13-8)10-11-7(2)6-12-10/h4-5,7,10-11H,3,6H2,1-2H3. The van der Waals surface area contributed by atoms with E-state index in [0.29, 0.717) is 11.4 Å². The molecule has 0 amide bonds. The molecule has 1 aromatic rings. The van der Waals surface area contributed by atoms with E-state index in [1.54, 1.807) is 0 Å². The van der Waals surface area contributed by atoms with Crippen LogP contribution in [0.15, 0.2) is 12.1 Å². The lowest BCUT2D eigenvalue weighted by Crippen LogP contribution is -2.21. The van der Waals surface area contributed by atoms with Crippen molar-refractivity contribution in [2.75, 3.05) is 5.75 Å². The summed E-state index contributed by atoms with van der Waals surface area (Å²) >= 11 is 3.98. The average molecular weight is 213 g/mol. The van der Waals surface area contributed by atoms with Crippen molar-refractivity contribution in [2.45, 2.75) is 31.7 Å². The Morgan fingerprint density at radius 3 is 2.92 bits per heavy atom. The van der Waals surface area contributed by atoms with E-state index >= 15 is 0 Å². The van der Waals surface area contributed by atoms with Crippen LogP contribution in [0, 0.1) is 0 Å². The van der Waals surface area contributed by atoms with Crippen molar-refractivity contribution in [2.24, 2.45) is 0 Å². The van der Waals surface area contributed by atoms with E-state index in [9.17, 15) is 0 Å². The highest BCUT2D eigenvalue weighted by Crippen LogP contribution is 2.36. The van der Waals surface area contributed by atoms with Crippen LogP contribution in [0.3, 0.4) is 0 Å². The maximum Gasteiger partial charge on any atom is 0.0885 e. The summed E-state index contributed by atoms with van der Waals surface area (Å²) in [4.78, 5) is 2.99. The van der Waals surface area contributed by atoms with Crippen molar-refractivity contribution >= 4 is 23.1 Å². The summed E-state index contributed by atoms with van der Waals surface area (Å²) in [5, 5.41) is 4.14. The van der Waals surface area contributed by atoms with Crippen LogP contribution in [0.1, 0.15) is 29.0 Å². The van der Waals surface area contributed by atoms with Gasteiger partial charge in [-0.25, -0.2) is 0 Å². The second kappa shape index (κ2) is 4.03. The normalized spacial score (nSPS) is 28.2. The molecule has 1 aliphatic rings. The molecule has 1 fully saturated rings. The van der Waals surface area contributed by atoms with Crippen LogP contribution in [0.4, 0.5) is 0 Å². The predicted molar refractivity (Wildman–Crippen MR) is 61.5 cm³/mol. The van der Waals surface area contributed by atoms with Crippen molar-refractivity contribution in [1.82, 2.24) is 5.32 Å². The fraction of sp³-hybridized carbons (Fsp3) is 0.600. The fourth-order valence-corrected chi connectivity index (χ4v) is 3.88. The van der Waals surface area contributed by atoms with Crippen LogP contribution < -0.4 is 5.32 Å². The third-order valence-electron chi connectivity index (χ3n) is 2.24. The Bertz CT molecular complexity index is 282. The third-order valence-corrected chi connectivity index (χ3v) is 5.10. The Hall–Kier alpha value is 0.01000. The summed E-state index contributed by atoms with van der Waals surface area (Å²) in [6.45, 7) is 4.47. The van der Waals surface area contributed by atoms with Gasteiger partial charge in [-0.3, -0.25) is 5.32 Å². The monoisotopic (exact) mass is 213 g/mol. The minimum Gasteiger partial charge on any atom is -0.298 e. The van der Waals surface area contributed by atoms with E-state index in [4.69, 9.17) is 0 Å². The number of thiophene rings is 1. The van der Waals surface area contributed by atoms with Crippen molar-refractivity contribution in [3.05, 3.63) is 21.9 Å². The highest BCUT2D eigenvalue weighted by atomic mass is 32.2. The molecule has 13 heavy (non-hydrogen) atoms. The fourth-order valence-electron chi connectivity index (χ4n) is 1.48. The highest BCUT2D eigenvalue weighted by Gasteiger charge is 2.23. The second-order valence-electron chi connectivity index (χ2n) is 3.44. The van der Waals surface area contributed by atoms with Gasteiger partial charge in [0.1, 0.15) is 0 Å². The third kappa shape index (κ3) is 2.09. The lowest BCUT2D eigenvalue weighted by molar-refractivity contribution is 0.623. The smallest absolute Gasteiger partial charge is 0.0885 e. The predicted octanol–water partition coefficient (Wildman–Crippen LogP) is 3.03. The molecule has 0 bridgehead atoms. The Morgan fingerprint density at radius 2 is 2.38 bits per heavy atom. The summed E-state index contributed by atoms with van der Waals surface area (Å²) in [6, 6.07) is 5.19. The summed E-state index contributed by atoms with van der Waals surface area (Å²) in [7, 11) is 0. The van der Waals surface area contributed by atoms with Crippen molar-refractivity contribution in [3.63, 3.8) is 0 Å². The van der Waals surface area contributed by atoms with Crippen LogP contribution in [0.5, 0.6) is 0 Å². The first-order valence-corrected chi connectivity index (χ1v) is 6.62. The van der Waals surface area contributed by atoms with E-state index in [1.165, 1.54) is 15.5 Å². The molecule has 1 saturated heterocycles. The summed E-state index contributed by atoms with van der Waals surface area (Å²) in [5.74, 6) is 1.24. The Kier molecular flexibility index (Phi) is 2.96. The van der Waals surface area contributed by atoms with Gasteiger partial charge in [-0.15, -0.1) is 23.1 Å². The average Bonchev–Trinajstić information content (AvgIpc) is 2.71. The maximum atomic E-state index is 3.58. The maximum absolute atomic E-state index is 3.58. The van der Waals surface area contributed by atoms with Gasteiger partial charge in [0.15, 0.2) is 0 Å². The first-order valence-electron chi connectivity index (χ1n) is 4.76. The summed E-state index contributed by atoms with van der Waals surface area (Å²) < 4.78 is 0. The Labute approximate surface area is 87.9 Å². The van der Waals surface area contributed by atoms with Crippen LogP contribution in [0.2, 0.25) is 0 Å². The number of hydrogen-bond acceptors (Lipinski definition) is 3. The van der Waals surface area contributed by atoms with E-state index in [1.807, 2.05) is 23.1 Å². The Balaban J connectivity index is 2.08. The number of thioether (sulfide) groups is 1. The number of nitrogens with one attached hydrogen (secondary N) is 1. The first-order chi connectivity index (χ1) is 6.29. The molecule has 1 aromatic heterocycles. The molecule has 0 radical (unpaired) electrons. The molecule has 0 saturated carbocycles. The number of aryl methyl sites for hydroxylation is 1. The minimum absolute atomic E-state index is 0.556. The zero-order valence-corrected chi connectivity index (χ0v) is 9.67. The summed E-state index contributed by atoms with van der Waals surface area (Å²) in [5.41, 5.74) is 0. The largest absolute Gasteiger partial charge is 0.298 e. The van der Waals surface area contributed by atoms with Gasteiger partial charge in [0, 0.05) is 21.5 Å². The SMILES string of the molecule is CCc1ccc(C2NC(C)CS2)s1. The summed E-state index contributed by atoms with van der Waals surface area (Å²) in [6.07, 6.45) is 1.16. The van der Waals surface area contributed by atoms with Crippen molar-refractivity contribution < 1.29 is 0 Å². The number of hydrogen-bond donors (Lipinski definition) is 1. The molecule has 0 aliphatic carbocycles. The van der Waals surface area contributed by atoms with Gasteiger partial charge in [0.25, 0.3) is 0 Å². The molecule has 3 heteroatoms. The zero-order valence-electron chi connectivity index (χ0n) is 8.04. The van der Waals surface area contributed by atoms with Crippen molar-refractivity contribution in [3.8, 4) is 0 Å². The highest BCUT2D eigenvalue weighted by molar-refractivity contribution is 7.99. The molecule has 1 nitrogen and oxygen atoms in total. The van der Waals surface area contributed by atoms with Crippen LogP contribution >= 0.6 is 23.1 Å². The van der Waals surface area contributed by atoms with E-state index < -0.39 is 0 Å². The molecule has 1 aliphatic heterocycles. The molecule has 0 spiro atoms. The minimum atomic E-state index is 0.556. The quantitative estimate of drug-likeness (QED) is 0.810. The van der Waals surface area contributed by atoms with E-state index in [-0.39, 0.29) is 0 Å². The zero-order chi connectivity index (χ0) is 9.26. The number of rotatable bonds is 2. The van der Waals surface area contributed by atoms with Gasteiger partial charge in [-0.1, -0.05) is 6.92 Å². The van der Waals surface area contributed by atoms with Gasteiger partial charge >= 0.3 is 0 Å². The van der Waals surface area contributed by atoms with E-state index in [2.05, 4.69) is 31.3 Å². The topological polar surface area (TPSA) is 12.0 Å². The molecule has 2 heterocycles. The molecule has 1 N–H and O–H groups in total. The molecule has 2 rings (SSSR count). The molecular formula is C10H15NS2. The van der Waals surface area contributed by atoms with Gasteiger partial charge in [-0.05, 0) is 25.5 Å². The molecule has 2 atom stereocenters. The van der Waals surface area contributed by atoms with Crippen LogP contribution in [-0.4, -0.2) is 11.8 Å². The molecule has 2 unspecified atom stereocenters. The molecule has 72 valence electrons. The van der Waals surface area contributed by atoms with Gasteiger partial charge in [0.05, 0.1) is 5.37 Å². The van der Waals surface area contributed by atoms with Gasteiger partial charge in [-0.2, -0.15) is 0 Å². The van der Waals surface area contributed by atoms with Crippen molar-refractivity contribution in [1.29, 1.82) is 0 Å². The second-order valence-corrected chi connectivity index (χ2v) is 5.78. The lowest BCUT2D eigenvalue weighted by atomic mass is 10.3.